The lowest BCUT2D eigenvalue weighted by Gasteiger charge is -2.36. The molecule has 0 aliphatic carbocycles. The number of halogens is 1. The Balaban J connectivity index is 1.66. The van der Waals surface area contributed by atoms with Gasteiger partial charge < -0.3 is 14.5 Å². The number of piperazine rings is 1. The first-order valence-electron chi connectivity index (χ1n) is 7.21. The summed E-state index contributed by atoms with van der Waals surface area (Å²) in [6, 6.07) is 3.53. The molecule has 3 heterocycles. The molecule has 2 aliphatic rings. The SMILES string of the molecule is CC(C)(C)OC(=O)N1C[C@@H]2C[C@H]1CN2c1ccc(F)nc1. The summed E-state index contributed by atoms with van der Waals surface area (Å²) in [6.45, 7) is 7.01. The molecule has 5 nitrogen and oxygen atoms in total. The van der Waals surface area contributed by atoms with Gasteiger partial charge in [-0.15, -0.1) is 0 Å². The molecule has 0 saturated carbocycles. The van der Waals surface area contributed by atoms with Crippen molar-refractivity contribution in [1.29, 1.82) is 0 Å². The Morgan fingerprint density at radius 1 is 1.33 bits per heavy atom. The minimum absolute atomic E-state index is 0.162. The Hall–Kier alpha value is -1.85. The number of hydrogen-bond acceptors (Lipinski definition) is 4. The number of rotatable bonds is 1. The first-order chi connectivity index (χ1) is 9.83. The van der Waals surface area contributed by atoms with Crippen molar-refractivity contribution in [2.45, 2.75) is 44.9 Å². The third-order valence-electron chi connectivity index (χ3n) is 3.91. The molecule has 2 saturated heterocycles. The highest BCUT2D eigenvalue weighted by Crippen LogP contribution is 2.35. The van der Waals surface area contributed by atoms with Gasteiger partial charge in [0.1, 0.15) is 5.60 Å². The Morgan fingerprint density at radius 3 is 2.62 bits per heavy atom. The molecule has 2 bridgehead atoms. The van der Waals surface area contributed by atoms with E-state index in [9.17, 15) is 9.18 Å². The lowest BCUT2D eigenvalue weighted by molar-refractivity contribution is 0.0215. The van der Waals surface area contributed by atoms with Gasteiger partial charge in [-0.2, -0.15) is 4.39 Å². The number of amides is 1. The molecule has 21 heavy (non-hydrogen) atoms. The topological polar surface area (TPSA) is 45.7 Å². The predicted molar refractivity (Wildman–Crippen MR) is 76.7 cm³/mol. The van der Waals surface area contributed by atoms with E-state index in [2.05, 4.69) is 9.88 Å². The highest BCUT2D eigenvalue weighted by atomic mass is 19.1. The van der Waals surface area contributed by atoms with Gasteiger partial charge in [0.2, 0.25) is 5.95 Å². The summed E-state index contributed by atoms with van der Waals surface area (Å²) < 4.78 is 18.3. The van der Waals surface area contributed by atoms with E-state index in [1.807, 2.05) is 25.7 Å². The fraction of sp³-hybridized carbons (Fsp3) is 0.600. The average Bonchev–Trinajstić information content (AvgIpc) is 2.97. The molecule has 0 aromatic carbocycles. The molecule has 6 heteroatoms. The number of hydrogen-bond donors (Lipinski definition) is 0. The van der Waals surface area contributed by atoms with Gasteiger partial charge in [0.25, 0.3) is 0 Å². The van der Waals surface area contributed by atoms with Gasteiger partial charge in [0.15, 0.2) is 0 Å². The number of likely N-dealkylation sites (tertiary alicyclic amines) is 1. The quantitative estimate of drug-likeness (QED) is 0.746. The van der Waals surface area contributed by atoms with Crippen LogP contribution in [0.15, 0.2) is 18.3 Å². The molecular weight excluding hydrogens is 273 g/mol. The molecule has 114 valence electrons. The summed E-state index contributed by atoms with van der Waals surface area (Å²) in [5.41, 5.74) is 0.437. The standard InChI is InChI=1S/C15H20FN3O2/c1-15(2,3)21-14(20)19-9-11-6-12(19)8-18(11)10-4-5-13(16)17-7-10/h4-5,7,11-12H,6,8-9H2,1-3H3/t11-,12-/m0/s1. The van der Waals surface area contributed by atoms with Gasteiger partial charge in [0, 0.05) is 19.1 Å². The van der Waals surface area contributed by atoms with Crippen LogP contribution >= 0.6 is 0 Å². The van der Waals surface area contributed by atoms with Crippen molar-refractivity contribution < 1.29 is 13.9 Å². The van der Waals surface area contributed by atoms with Gasteiger partial charge in [0.05, 0.1) is 17.9 Å². The highest BCUT2D eigenvalue weighted by Gasteiger charge is 2.46. The smallest absolute Gasteiger partial charge is 0.410 e. The van der Waals surface area contributed by atoms with Gasteiger partial charge in [-0.05, 0) is 39.3 Å². The van der Waals surface area contributed by atoms with Crippen LogP contribution in [0.1, 0.15) is 27.2 Å². The van der Waals surface area contributed by atoms with Crippen molar-refractivity contribution in [2.24, 2.45) is 0 Å². The molecule has 1 aromatic rings. The maximum absolute atomic E-state index is 12.9. The van der Waals surface area contributed by atoms with Crippen LogP contribution in [-0.2, 0) is 4.74 Å². The second-order valence-corrected chi connectivity index (χ2v) is 6.67. The van der Waals surface area contributed by atoms with Crippen LogP contribution in [0.4, 0.5) is 14.9 Å². The summed E-state index contributed by atoms with van der Waals surface area (Å²) >= 11 is 0. The summed E-state index contributed by atoms with van der Waals surface area (Å²) in [5, 5.41) is 0. The van der Waals surface area contributed by atoms with Crippen LogP contribution in [0.3, 0.4) is 0 Å². The summed E-state index contributed by atoms with van der Waals surface area (Å²) in [5.74, 6) is -0.474. The lowest BCUT2D eigenvalue weighted by Crippen LogP contribution is -2.50. The van der Waals surface area contributed by atoms with Gasteiger partial charge in [-0.25, -0.2) is 9.78 Å². The van der Waals surface area contributed by atoms with E-state index in [-0.39, 0.29) is 18.2 Å². The third kappa shape index (κ3) is 2.80. The minimum Gasteiger partial charge on any atom is -0.444 e. The van der Waals surface area contributed by atoms with E-state index in [4.69, 9.17) is 4.74 Å². The van der Waals surface area contributed by atoms with Crippen molar-refractivity contribution in [3.63, 3.8) is 0 Å². The molecule has 1 aromatic heterocycles. The molecular formula is C15H20FN3O2. The van der Waals surface area contributed by atoms with Crippen LogP contribution < -0.4 is 4.90 Å². The monoisotopic (exact) mass is 293 g/mol. The normalized spacial score (nSPS) is 24.6. The zero-order valence-electron chi connectivity index (χ0n) is 12.5. The maximum Gasteiger partial charge on any atom is 0.410 e. The number of fused-ring (bicyclic) bond motifs is 2. The molecule has 2 aliphatic heterocycles. The predicted octanol–water partition coefficient (Wildman–Crippen LogP) is 2.42. The Labute approximate surface area is 123 Å². The minimum atomic E-state index is -0.474. The fourth-order valence-corrected chi connectivity index (χ4v) is 3.07. The third-order valence-corrected chi connectivity index (χ3v) is 3.91. The van der Waals surface area contributed by atoms with E-state index in [0.717, 1.165) is 18.7 Å². The van der Waals surface area contributed by atoms with Gasteiger partial charge in [-0.1, -0.05) is 0 Å². The summed E-state index contributed by atoms with van der Waals surface area (Å²) in [7, 11) is 0. The second kappa shape index (κ2) is 4.86. The first kappa shape index (κ1) is 14.1. The molecule has 2 fully saturated rings. The lowest BCUT2D eigenvalue weighted by atomic mass is 10.2. The van der Waals surface area contributed by atoms with Crippen molar-refractivity contribution in [3.05, 3.63) is 24.3 Å². The van der Waals surface area contributed by atoms with Crippen LogP contribution in [-0.4, -0.2) is 46.8 Å². The highest BCUT2D eigenvalue weighted by molar-refractivity contribution is 5.70. The van der Waals surface area contributed by atoms with Gasteiger partial charge in [-0.3, -0.25) is 0 Å². The number of aromatic nitrogens is 1. The number of ether oxygens (including phenoxy) is 1. The number of anilines is 1. The van der Waals surface area contributed by atoms with Crippen molar-refractivity contribution >= 4 is 11.8 Å². The summed E-state index contributed by atoms with van der Waals surface area (Å²) in [4.78, 5) is 19.9. The second-order valence-electron chi connectivity index (χ2n) is 6.67. The van der Waals surface area contributed by atoms with E-state index in [1.165, 1.54) is 6.07 Å². The summed E-state index contributed by atoms with van der Waals surface area (Å²) in [6.07, 6.45) is 2.23. The number of carbonyl (C=O) groups is 1. The first-order valence-corrected chi connectivity index (χ1v) is 7.21. The van der Waals surface area contributed by atoms with Crippen molar-refractivity contribution in [2.75, 3.05) is 18.0 Å². The van der Waals surface area contributed by atoms with Crippen LogP contribution in [0, 0.1) is 5.95 Å². The Bertz CT molecular complexity index is 541. The zero-order chi connectivity index (χ0) is 15.2. The molecule has 3 rings (SSSR count). The van der Waals surface area contributed by atoms with E-state index in [1.54, 1.807) is 12.3 Å². The zero-order valence-corrected chi connectivity index (χ0v) is 12.5. The molecule has 0 radical (unpaired) electrons. The number of pyridine rings is 1. The van der Waals surface area contributed by atoms with Crippen molar-refractivity contribution in [1.82, 2.24) is 9.88 Å². The van der Waals surface area contributed by atoms with E-state index >= 15 is 0 Å². The number of nitrogens with zero attached hydrogens (tertiary/aromatic N) is 3. The number of carbonyl (C=O) groups excluding carboxylic acids is 1. The van der Waals surface area contributed by atoms with Crippen LogP contribution in [0.5, 0.6) is 0 Å². The fourth-order valence-electron chi connectivity index (χ4n) is 3.07. The average molecular weight is 293 g/mol. The largest absolute Gasteiger partial charge is 0.444 e. The van der Waals surface area contributed by atoms with Crippen LogP contribution in [0.2, 0.25) is 0 Å². The Kier molecular flexibility index (Phi) is 3.26. The van der Waals surface area contributed by atoms with E-state index in [0.29, 0.717) is 6.54 Å². The van der Waals surface area contributed by atoms with Gasteiger partial charge >= 0.3 is 6.09 Å². The molecule has 2 atom stereocenters. The van der Waals surface area contributed by atoms with E-state index < -0.39 is 11.5 Å². The Morgan fingerprint density at radius 2 is 2.10 bits per heavy atom. The molecule has 0 unspecified atom stereocenters. The van der Waals surface area contributed by atoms with Crippen LogP contribution in [0.25, 0.3) is 0 Å². The molecule has 0 spiro atoms. The maximum atomic E-state index is 12.9. The van der Waals surface area contributed by atoms with Crippen molar-refractivity contribution in [3.8, 4) is 0 Å². The molecule has 0 N–H and O–H groups in total. The molecule has 1 amide bonds.